The van der Waals surface area contributed by atoms with Crippen LogP contribution in [0.5, 0.6) is 0 Å². The molecule has 0 aliphatic carbocycles. The summed E-state index contributed by atoms with van der Waals surface area (Å²) in [7, 11) is 0. The maximum Gasteiger partial charge on any atom is 0.416 e. The molecule has 0 aliphatic rings. The van der Waals surface area contributed by atoms with Gasteiger partial charge in [0.05, 0.1) is 5.56 Å². The summed E-state index contributed by atoms with van der Waals surface area (Å²) in [6.45, 7) is 2.08. The van der Waals surface area contributed by atoms with E-state index in [-0.39, 0.29) is 18.4 Å². The monoisotopic (exact) mass is 359 g/mol. The topological polar surface area (TPSA) is 26.0 Å². The Morgan fingerprint density at radius 1 is 1.21 bits per heavy atom. The Balaban J connectivity index is 0.00000324. The van der Waals surface area contributed by atoms with E-state index in [2.05, 4.69) is 22.9 Å². The smallest absolute Gasteiger partial charge is 0.324 e. The molecule has 1 nitrogen and oxygen atoms in total. The second-order valence-electron chi connectivity index (χ2n) is 4.37. The fraction of sp³-hybridized carbons (Fsp3) is 0.538. The molecule has 0 aliphatic heterocycles. The predicted molar refractivity (Wildman–Crippen MR) is 77.5 cm³/mol. The van der Waals surface area contributed by atoms with Crippen LogP contribution in [-0.2, 0) is 6.18 Å². The number of halogens is 5. The second-order valence-corrected chi connectivity index (χ2v) is 5.29. The van der Waals surface area contributed by atoms with Gasteiger partial charge in [-0.3, -0.25) is 0 Å². The molecule has 0 saturated heterocycles. The number of rotatable bonds is 5. The summed E-state index contributed by atoms with van der Waals surface area (Å²) in [5.74, 6) is 0. The average Bonchev–Trinajstić information content (AvgIpc) is 2.27. The Hall–Kier alpha value is -0.260. The van der Waals surface area contributed by atoms with Gasteiger partial charge < -0.3 is 5.73 Å². The van der Waals surface area contributed by atoms with Gasteiger partial charge in [0.1, 0.15) is 0 Å². The van der Waals surface area contributed by atoms with Crippen LogP contribution < -0.4 is 5.73 Å². The van der Waals surface area contributed by atoms with E-state index in [9.17, 15) is 13.2 Å². The minimum absolute atomic E-state index is 0. The molecule has 0 amide bonds. The largest absolute Gasteiger partial charge is 0.416 e. The molecule has 0 saturated carbocycles. The first kappa shape index (κ1) is 18.7. The Labute approximate surface area is 126 Å². The van der Waals surface area contributed by atoms with E-state index >= 15 is 0 Å². The quantitative estimate of drug-likeness (QED) is 0.692. The van der Waals surface area contributed by atoms with E-state index in [1.807, 2.05) is 0 Å². The van der Waals surface area contributed by atoms with Crippen molar-refractivity contribution >= 4 is 28.3 Å². The van der Waals surface area contributed by atoms with Gasteiger partial charge in [0.2, 0.25) is 0 Å². The van der Waals surface area contributed by atoms with E-state index in [0.29, 0.717) is 16.5 Å². The molecule has 19 heavy (non-hydrogen) atoms. The molecule has 1 rings (SSSR count). The standard InChI is InChI=1S/C13H17BrF3N.ClH/c1-2-3-4-5-12(18)9-6-10(13(15,16)17)8-11(14)7-9;/h6-8,12H,2-5,18H2,1H3;1H/t12-;/m1./s1. The van der Waals surface area contributed by atoms with Gasteiger partial charge in [-0.25, -0.2) is 0 Å². The highest BCUT2D eigenvalue weighted by Gasteiger charge is 2.31. The van der Waals surface area contributed by atoms with E-state index in [1.54, 1.807) is 6.07 Å². The Bertz CT molecular complexity index is 396. The number of benzene rings is 1. The average molecular weight is 361 g/mol. The van der Waals surface area contributed by atoms with Gasteiger partial charge in [0, 0.05) is 10.5 Å². The Morgan fingerprint density at radius 3 is 2.37 bits per heavy atom. The fourth-order valence-corrected chi connectivity index (χ4v) is 2.28. The molecule has 1 aromatic carbocycles. The van der Waals surface area contributed by atoms with E-state index < -0.39 is 11.7 Å². The summed E-state index contributed by atoms with van der Waals surface area (Å²) < 4.78 is 38.4. The molecule has 6 heteroatoms. The van der Waals surface area contributed by atoms with Crippen molar-refractivity contribution in [3.8, 4) is 0 Å². The second kappa shape index (κ2) is 8.12. The van der Waals surface area contributed by atoms with Crippen molar-refractivity contribution in [2.45, 2.75) is 44.8 Å². The van der Waals surface area contributed by atoms with Gasteiger partial charge in [0.15, 0.2) is 0 Å². The van der Waals surface area contributed by atoms with Crippen LogP contribution in [0, 0.1) is 0 Å². The van der Waals surface area contributed by atoms with Crippen molar-refractivity contribution in [2.24, 2.45) is 5.73 Å². The van der Waals surface area contributed by atoms with Crippen LogP contribution in [0.3, 0.4) is 0 Å². The zero-order valence-electron chi connectivity index (χ0n) is 10.6. The lowest BCUT2D eigenvalue weighted by molar-refractivity contribution is -0.137. The normalized spacial score (nSPS) is 12.9. The zero-order chi connectivity index (χ0) is 13.8. The first-order valence-corrected chi connectivity index (χ1v) is 6.77. The lowest BCUT2D eigenvalue weighted by Crippen LogP contribution is -2.13. The lowest BCUT2D eigenvalue weighted by Gasteiger charge is -2.15. The highest BCUT2D eigenvalue weighted by molar-refractivity contribution is 9.10. The third-order valence-electron chi connectivity index (χ3n) is 2.79. The summed E-state index contributed by atoms with van der Waals surface area (Å²) in [5, 5.41) is 0. The van der Waals surface area contributed by atoms with Crippen molar-refractivity contribution < 1.29 is 13.2 Å². The van der Waals surface area contributed by atoms with Crippen molar-refractivity contribution in [1.29, 1.82) is 0 Å². The fourth-order valence-electron chi connectivity index (χ4n) is 1.77. The lowest BCUT2D eigenvalue weighted by atomic mass is 9.99. The molecular weight excluding hydrogens is 343 g/mol. The van der Waals surface area contributed by atoms with Gasteiger partial charge in [0.25, 0.3) is 0 Å². The summed E-state index contributed by atoms with van der Waals surface area (Å²) in [6, 6.07) is 3.53. The minimum atomic E-state index is -4.33. The SMILES string of the molecule is CCCCC[C@@H](N)c1cc(Br)cc(C(F)(F)F)c1.Cl. The van der Waals surface area contributed by atoms with Crippen molar-refractivity contribution in [2.75, 3.05) is 0 Å². The van der Waals surface area contributed by atoms with Gasteiger partial charge in [-0.1, -0.05) is 42.1 Å². The van der Waals surface area contributed by atoms with Crippen molar-refractivity contribution in [3.05, 3.63) is 33.8 Å². The minimum Gasteiger partial charge on any atom is -0.324 e. The van der Waals surface area contributed by atoms with E-state index in [4.69, 9.17) is 5.73 Å². The van der Waals surface area contributed by atoms with E-state index in [1.165, 1.54) is 0 Å². The maximum absolute atomic E-state index is 12.7. The van der Waals surface area contributed by atoms with Crippen LogP contribution in [0.1, 0.15) is 49.8 Å². The van der Waals surface area contributed by atoms with Crippen LogP contribution in [0.15, 0.2) is 22.7 Å². The molecule has 0 fully saturated rings. The highest BCUT2D eigenvalue weighted by Crippen LogP contribution is 2.33. The number of hydrogen-bond donors (Lipinski definition) is 1. The Kier molecular flexibility index (Phi) is 8.01. The third kappa shape index (κ3) is 6.15. The molecule has 1 atom stereocenters. The molecule has 0 heterocycles. The summed E-state index contributed by atoms with van der Waals surface area (Å²) >= 11 is 3.10. The van der Waals surface area contributed by atoms with Gasteiger partial charge >= 0.3 is 6.18 Å². The molecule has 0 radical (unpaired) electrons. The van der Waals surface area contributed by atoms with Gasteiger partial charge in [-0.05, 0) is 30.2 Å². The number of hydrogen-bond acceptors (Lipinski definition) is 1. The molecule has 110 valence electrons. The first-order valence-electron chi connectivity index (χ1n) is 5.98. The molecule has 0 unspecified atom stereocenters. The van der Waals surface area contributed by atoms with Gasteiger partial charge in [-0.2, -0.15) is 13.2 Å². The van der Waals surface area contributed by atoms with Crippen LogP contribution in [0.2, 0.25) is 0 Å². The van der Waals surface area contributed by atoms with Crippen LogP contribution >= 0.6 is 28.3 Å². The van der Waals surface area contributed by atoms with Crippen LogP contribution in [0.4, 0.5) is 13.2 Å². The maximum atomic E-state index is 12.7. The summed E-state index contributed by atoms with van der Waals surface area (Å²) in [5.41, 5.74) is 5.81. The summed E-state index contributed by atoms with van der Waals surface area (Å²) in [4.78, 5) is 0. The third-order valence-corrected chi connectivity index (χ3v) is 3.25. The Morgan fingerprint density at radius 2 is 1.84 bits per heavy atom. The molecule has 0 spiro atoms. The highest BCUT2D eigenvalue weighted by atomic mass is 79.9. The van der Waals surface area contributed by atoms with Crippen molar-refractivity contribution in [1.82, 2.24) is 0 Å². The van der Waals surface area contributed by atoms with Crippen molar-refractivity contribution in [3.63, 3.8) is 0 Å². The molecular formula is C13H18BrClF3N. The molecule has 0 bridgehead atoms. The van der Waals surface area contributed by atoms with Crippen LogP contribution in [-0.4, -0.2) is 0 Å². The predicted octanol–water partition coefficient (Wildman–Crippen LogP) is 5.47. The first-order chi connectivity index (χ1) is 8.34. The number of alkyl halides is 3. The molecule has 1 aromatic rings. The number of unbranched alkanes of at least 4 members (excludes halogenated alkanes) is 2. The number of nitrogens with two attached hydrogens (primary N) is 1. The van der Waals surface area contributed by atoms with E-state index in [0.717, 1.165) is 31.4 Å². The van der Waals surface area contributed by atoms with Gasteiger partial charge in [-0.15, -0.1) is 12.4 Å². The molecule has 0 aromatic heterocycles. The molecule has 2 N–H and O–H groups in total. The zero-order valence-corrected chi connectivity index (χ0v) is 13.0. The summed E-state index contributed by atoms with van der Waals surface area (Å²) in [6.07, 6.45) is -0.568. The van der Waals surface area contributed by atoms with Crippen LogP contribution in [0.25, 0.3) is 0 Å².